The molecular weight excluding hydrogens is 268 g/mol. The first-order valence-corrected chi connectivity index (χ1v) is 7.11. The lowest BCUT2D eigenvalue weighted by molar-refractivity contribution is 0.170. The maximum Gasteiger partial charge on any atom is 0.179 e. The highest BCUT2D eigenvalue weighted by molar-refractivity contribution is 5.39. The van der Waals surface area contributed by atoms with E-state index >= 15 is 0 Å². The Morgan fingerprint density at radius 2 is 1.90 bits per heavy atom. The fourth-order valence-corrected chi connectivity index (χ4v) is 2.22. The molecule has 0 aliphatic carbocycles. The average molecular weight is 286 g/mol. The van der Waals surface area contributed by atoms with Crippen molar-refractivity contribution in [3.05, 3.63) is 42.2 Å². The van der Waals surface area contributed by atoms with Crippen LogP contribution in [0.5, 0.6) is 11.5 Å². The second-order valence-corrected chi connectivity index (χ2v) is 4.77. The van der Waals surface area contributed by atoms with Gasteiger partial charge in [0.2, 0.25) is 0 Å². The van der Waals surface area contributed by atoms with Crippen LogP contribution in [0.15, 0.2) is 30.7 Å². The number of nitrogens with zero attached hydrogens (tertiary/aromatic N) is 3. The first-order valence-electron chi connectivity index (χ1n) is 7.11. The fraction of sp³-hybridized carbons (Fsp3) is 0.400. The predicted molar refractivity (Wildman–Crippen MR) is 77.1 cm³/mol. The molecule has 0 radical (unpaired) electrons. The number of aromatic nitrogens is 3. The first-order chi connectivity index (χ1) is 10.4. The minimum atomic E-state index is 0.112. The highest BCUT2D eigenvalue weighted by atomic mass is 16.6. The summed E-state index contributed by atoms with van der Waals surface area (Å²) in [6.45, 7) is 3.90. The summed E-state index contributed by atoms with van der Waals surface area (Å²) >= 11 is 0. The number of pyridine rings is 1. The molecule has 1 aliphatic heterocycles. The Morgan fingerprint density at radius 1 is 1.14 bits per heavy atom. The van der Waals surface area contributed by atoms with Gasteiger partial charge in [0.25, 0.3) is 0 Å². The van der Waals surface area contributed by atoms with E-state index < -0.39 is 0 Å². The van der Waals surface area contributed by atoms with E-state index in [4.69, 9.17) is 9.47 Å². The van der Waals surface area contributed by atoms with Gasteiger partial charge in [-0.1, -0.05) is 6.92 Å². The van der Waals surface area contributed by atoms with Gasteiger partial charge in [0.05, 0.1) is 17.9 Å². The summed E-state index contributed by atoms with van der Waals surface area (Å²) in [5, 5.41) is 3.42. The van der Waals surface area contributed by atoms with Crippen molar-refractivity contribution < 1.29 is 9.47 Å². The number of ether oxygens (including phenoxy) is 2. The van der Waals surface area contributed by atoms with Gasteiger partial charge in [-0.2, -0.15) is 0 Å². The van der Waals surface area contributed by atoms with E-state index in [-0.39, 0.29) is 6.04 Å². The number of nitrogens with one attached hydrogen (secondary N) is 1. The highest BCUT2D eigenvalue weighted by Crippen LogP contribution is 2.29. The van der Waals surface area contributed by atoms with Crippen LogP contribution in [0.25, 0.3) is 0 Å². The van der Waals surface area contributed by atoms with Crippen LogP contribution in [-0.2, 0) is 6.54 Å². The van der Waals surface area contributed by atoms with E-state index in [9.17, 15) is 0 Å². The first kappa shape index (κ1) is 13.8. The second kappa shape index (κ2) is 6.49. The Kier molecular flexibility index (Phi) is 4.25. The minimum absolute atomic E-state index is 0.112. The van der Waals surface area contributed by atoms with Crippen LogP contribution < -0.4 is 14.8 Å². The van der Waals surface area contributed by atoms with Crippen molar-refractivity contribution in [2.24, 2.45) is 0 Å². The van der Waals surface area contributed by atoms with Gasteiger partial charge in [0.1, 0.15) is 19.0 Å². The maximum atomic E-state index is 5.56. The molecule has 3 rings (SSSR count). The van der Waals surface area contributed by atoms with Crippen LogP contribution in [-0.4, -0.2) is 28.2 Å². The molecule has 21 heavy (non-hydrogen) atoms. The molecule has 6 nitrogen and oxygen atoms in total. The average Bonchev–Trinajstić information content (AvgIpc) is 2.56. The van der Waals surface area contributed by atoms with Gasteiger partial charge in [-0.15, -0.1) is 0 Å². The fourth-order valence-electron chi connectivity index (χ4n) is 2.22. The van der Waals surface area contributed by atoms with Crippen molar-refractivity contribution in [1.82, 2.24) is 20.3 Å². The molecule has 0 spiro atoms. The lowest BCUT2D eigenvalue weighted by Gasteiger charge is -2.19. The number of rotatable bonds is 5. The van der Waals surface area contributed by atoms with E-state index in [1.54, 1.807) is 18.6 Å². The van der Waals surface area contributed by atoms with Crippen LogP contribution in [0.1, 0.15) is 30.9 Å². The van der Waals surface area contributed by atoms with Crippen LogP contribution in [0.4, 0.5) is 0 Å². The van der Waals surface area contributed by atoms with Gasteiger partial charge >= 0.3 is 0 Å². The molecule has 2 aromatic rings. The summed E-state index contributed by atoms with van der Waals surface area (Å²) in [5.74, 6) is 2.28. The molecule has 2 aromatic heterocycles. The Labute approximate surface area is 123 Å². The summed E-state index contributed by atoms with van der Waals surface area (Å²) in [7, 11) is 0. The molecule has 0 saturated heterocycles. The van der Waals surface area contributed by atoms with Crippen LogP contribution >= 0.6 is 0 Å². The molecule has 0 amide bonds. The molecule has 0 saturated carbocycles. The summed E-state index contributed by atoms with van der Waals surface area (Å²) in [6, 6.07) is 3.85. The lowest BCUT2D eigenvalue weighted by atomic mass is 10.2. The van der Waals surface area contributed by atoms with Crippen molar-refractivity contribution >= 4 is 0 Å². The third kappa shape index (κ3) is 3.28. The van der Waals surface area contributed by atoms with E-state index in [1.165, 1.54) is 0 Å². The molecule has 0 aromatic carbocycles. The molecule has 6 heteroatoms. The van der Waals surface area contributed by atoms with E-state index in [0.29, 0.717) is 25.5 Å². The summed E-state index contributed by atoms with van der Waals surface area (Å²) < 4.78 is 11.0. The monoisotopic (exact) mass is 286 g/mol. The molecular formula is C15H18N4O2. The Bertz CT molecular complexity index is 591. The maximum absolute atomic E-state index is 5.56. The van der Waals surface area contributed by atoms with Gasteiger partial charge < -0.3 is 14.8 Å². The van der Waals surface area contributed by atoms with Gasteiger partial charge in [0, 0.05) is 25.0 Å². The number of fused-ring (bicyclic) bond motifs is 1. The van der Waals surface area contributed by atoms with Crippen LogP contribution in [0.2, 0.25) is 0 Å². The van der Waals surface area contributed by atoms with Gasteiger partial charge in [-0.05, 0) is 12.5 Å². The molecule has 3 heterocycles. The lowest BCUT2D eigenvalue weighted by Crippen LogP contribution is -2.23. The zero-order valence-corrected chi connectivity index (χ0v) is 12.0. The standard InChI is InChI=1S/C15H18N4O2/c1-2-12(15-16-4-3-5-17-15)19-9-11-8-13-14(10-18-11)21-7-6-20-13/h3-5,8,10,12,19H,2,6-7,9H2,1H3. The quantitative estimate of drug-likeness (QED) is 0.905. The van der Waals surface area contributed by atoms with E-state index in [1.807, 2.05) is 12.1 Å². The van der Waals surface area contributed by atoms with Crippen molar-refractivity contribution in [2.75, 3.05) is 13.2 Å². The normalized spacial score (nSPS) is 14.7. The van der Waals surface area contributed by atoms with Gasteiger partial charge in [-0.25, -0.2) is 9.97 Å². The predicted octanol–water partition coefficient (Wildman–Crippen LogP) is 1.88. The third-order valence-corrected chi connectivity index (χ3v) is 3.32. The van der Waals surface area contributed by atoms with Gasteiger partial charge in [0.15, 0.2) is 11.5 Å². The topological polar surface area (TPSA) is 69.2 Å². The number of hydrogen-bond donors (Lipinski definition) is 1. The van der Waals surface area contributed by atoms with Crippen molar-refractivity contribution in [2.45, 2.75) is 25.9 Å². The Hall–Kier alpha value is -2.21. The molecule has 1 aliphatic rings. The van der Waals surface area contributed by atoms with Crippen molar-refractivity contribution in [1.29, 1.82) is 0 Å². The van der Waals surface area contributed by atoms with E-state index in [0.717, 1.165) is 23.7 Å². The smallest absolute Gasteiger partial charge is 0.179 e. The zero-order valence-electron chi connectivity index (χ0n) is 12.0. The SMILES string of the molecule is CCC(NCc1cc2c(cn1)OCCO2)c1ncccn1. The second-order valence-electron chi connectivity index (χ2n) is 4.77. The summed E-state index contributed by atoms with van der Waals surface area (Å²) in [4.78, 5) is 13.0. The van der Waals surface area contributed by atoms with Crippen molar-refractivity contribution in [3.63, 3.8) is 0 Å². The third-order valence-electron chi connectivity index (χ3n) is 3.32. The Balaban J connectivity index is 1.66. The zero-order chi connectivity index (χ0) is 14.5. The molecule has 1 atom stereocenters. The molecule has 1 N–H and O–H groups in total. The minimum Gasteiger partial charge on any atom is -0.486 e. The molecule has 0 fully saturated rings. The molecule has 0 bridgehead atoms. The Morgan fingerprint density at radius 3 is 2.67 bits per heavy atom. The van der Waals surface area contributed by atoms with Crippen molar-refractivity contribution in [3.8, 4) is 11.5 Å². The largest absolute Gasteiger partial charge is 0.486 e. The van der Waals surface area contributed by atoms with Crippen LogP contribution in [0.3, 0.4) is 0 Å². The number of hydrogen-bond acceptors (Lipinski definition) is 6. The molecule has 1 unspecified atom stereocenters. The summed E-state index contributed by atoms with van der Waals surface area (Å²) in [6.07, 6.45) is 6.14. The highest BCUT2D eigenvalue weighted by Gasteiger charge is 2.15. The van der Waals surface area contributed by atoms with Gasteiger partial charge in [-0.3, -0.25) is 4.98 Å². The van der Waals surface area contributed by atoms with E-state index in [2.05, 4.69) is 27.2 Å². The van der Waals surface area contributed by atoms with Crippen LogP contribution in [0, 0.1) is 0 Å². The molecule has 110 valence electrons. The summed E-state index contributed by atoms with van der Waals surface area (Å²) in [5.41, 5.74) is 0.911.